The smallest absolute Gasteiger partial charge is 0.251 e. The van der Waals surface area contributed by atoms with Gasteiger partial charge in [-0.1, -0.05) is 6.42 Å². The summed E-state index contributed by atoms with van der Waals surface area (Å²) >= 11 is 3.28. The van der Waals surface area contributed by atoms with Crippen LogP contribution < -0.4 is 10.9 Å². The molecule has 2 rings (SSSR count). The normalized spacial score (nSPS) is 22.5. The molecule has 20 heavy (non-hydrogen) atoms. The van der Waals surface area contributed by atoms with Crippen molar-refractivity contribution in [3.05, 3.63) is 33.2 Å². The van der Waals surface area contributed by atoms with Gasteiger partial charge in [0.05, 0.1) is 6.10 Å². The third-order valence-electron chi connectivity index (χ3n) is 3.60. The van der Waals surface area contributed by atoms with Gasteiger partial charge in [0.1, 0.15) is 6.54 Å². The molecule has 0 aromatic carbocycles. The summed E-state index contributed by atoms with van der Waals surface area (Å²) in [7, 11) is 0. The quantitative estimate of drug-likeness (QED) is 0.865. The van der Waals surface area contributed by atoms with Gasteiger partial charge in [-0.15, -0.1) is 0 Å². The minimum atomic E-state index is -0.238. The molecule has 1 amide bonds. The lowest BCUT2D eigenvalue weighted by Crippen LogP contribution is -2.36. The summed E-state index contributed by atoms with van der Waals surface area (Å²) in [6.45, 7) is 0.589. The first-order valence-corrected chi connectivity index (χ1v) is 7.64. The number of halogens is 1. The highest BCUT2D eigenvalue weighted by atomic mass is 79.9. The molecule has 0 spiro atoms. The summed E-state index contributed by atoms with van der Waals surface area (Å²) in [5.74, 6) is 0.159. The van der Waals surface area contributed by atoms with E-state index in [-0.39, 0.29) is 24.1 Å². The van der Waals surface area contributed by atoms with Crippen molar-refractivity contribution in [2.45, 2.75) is 38.3 Å². The van der Waals surface area contributed by atoms with Crippen LogP contribution in [0.3, 0.4) is 0 Å². The maximum Gasteiger partial charge on any atom is 0.251 e. The highest BCUT2D eigenvalue weighted by Crippen LogP contribution is 2.23. The third-order valence-corrected chi connectivity index (χ3v) is 4.07. The van der Waals surface area contributed by atoms with E-state index in [1.807, 2.05) is 0 Å². The molecule has 0 radical (unpaired) electrons. The number of carbonyl (C=O) groups excluding carboxylic acids is 1. The van der Waals surface area contributed by atoms with Crippen LogP contribution in [0, 0.1) is 5.92 Å². The molecule has 2 N–H and O–H groups in total. The number of nitrogens with one attached hydrogen (secondary N) is 1. The Morgan fingerprint density at radius 2 is 2.25 bits per heavy atom. The molecule has 1 saturated carbocycles. The predicted molar refractivity (Wildman–Crippen MR) is 79.4 cm³/mol. The molecule has 5 nitrogen and oxygen atoms in total. The lowest BCUT2D eigenvalue weighted by molar-refractivity contribution is -0.122. The predicted octanol–water partition coefficient (Wildman–Crippen LogP) is 1.28. The summed E-state index contributed by atoms with van der Waals surface area (Å²) in [6.07, 6.45) is 5.01. The van der Waals surface area contributed by atoms with Crippen LogP contribution >= 0.6 is 15.9 Å². The first-order valence-electron chi connectivity index (χ1n) is 6.85. The monoisotopic (exact) mass is 342 g/mol. The standard InChI is InChI=1S/C14H19BrN2O3/c15-11-4-5-14(20)17(8-11)9-13(19)16-7-10-2-1-3-12(18)6-10/h4-5,8,10,12,18H,1-3,6-7,9H2,(H,16,19). The lowest BCUT2D eigenvalue weighted by Gasteiger charge is -2.25. The van der Waals surface area contributed by atoms with Gasteiger partial charge in [0.2, 0.25) is 5.91 Å². The van der Waals surface area contributed by atoms with Gasteiger partial charge in [0.25, 0.3) is 5.56 Å². The second kappa shape index (κ2) is 7.04. The second-order valence-corrected chi connectivity index (χ2v) is 6.22. The van der Waals surface area contributed by atoms with Gasteiger partial charge in [0.15, 0.2) is 0 Å². The Bertz CT molecular complexity index is 529. The van der Waals surface area contributed by atoms with Crippen molar-refractivity contribution >= 4 is 21.8 Å². The molecule has 1 aliphatic carbocycles. The topological polar surface area (TPSA) is 71.3 Å². The number of aliphatic hydroxyl groups is 1. The summed E-state index contributed by atoms with van der Waals surface area (Å²) in [4.78, 5) is 23.4. The fourth-order valence-electron chi connectivity index (χ4n) is 2.54. The zero-order valence-corrected chi connectivity index (χ0v) is 12.8. The van der Waals surface area contributed by atoms with Gasteiger partial charge in [0, 0.05) is 23.3 Å². The molecular formula is C14H19BrN2O3. The van der Waals surface area contributed by atoms with E-state index in [0.29, 0.717) is 12.5 Å². The third kappa shape index (κ3) is 4.45. The van der Waals surface area contributed by atoms with E-state index in [9.17, 15) is 14.7 Å². The van der Waals surface area contributed by atoms with E-state index in [1.165, 1.54) is 10.6 Å². The lowest BCUT2D eigenvalue weighted by atomic mass is 9.87. The van der Waals surface area contributed by atoms with Crippen molar-refractivity contribution in [1.82, 2.24) is 9.88 Å². The fraction of sp³-hybridized carbons (Fsp3) is 0.571. The Labute approximate surface area is 126 Å². The molecule has 1 fully saturated rings. The number of amides is 1. The van der Waals surface area contributed by atoms with Crippen LogP contribution in [0.1, 0.15) is 25.7 Å². The largest absolute Gasteiger partial charge is 0.393 e. The molecule has 2 atom stereocenters. The summed E-state index contributed by atoms with van der Waals surface area (Å²) in [6, 6.07) is 3.08. The van der Waals surface area contributed by atoms with Crippen molar-refractivity contribution in [3.63, 3.8) is 0 Å². The van der Waals surface area contributed by atoms with Gasteiger partial charge in [-0.2, -0.15) is 0 Å². The molecule has 1 aromatic rings. The van der Waals surface area contributed by atoms with Crippen LogP contribution in [0.4, 0.5) is 0 Å². The number of rotatable bonds is 4. The highest BCUT2D eigenvalue weighted by Gasteiger charge is 2.20. The van der Waals surface area contributed by atoms with Crippen molar-refractivity contribution in [3.8, 4) is 0 Å². The first-order chi connectivity index (χ1) is 9.54. The van der Waals surface area contributed by atoms with E-state index in [1.54, 1.807) is 12.3 Å². The van der Waals surface area contributed by atoms with Crippen LogP contribution in [-0.4, -0.2) is 28.2 Å². The summed E-state index contributed by atoms with van der Waals surface area (Å²) in [5, 5.41) is 12.4. The Hall–Kier alpha value is -1.14. The van der Waals surface area contributed by atoms with Crippen LogP contribution in [0.5, 0.6) is 0 Å². The van der Waals surface area contributed by atoms with Crippen molar-refractivity contribution in [2.75, 3.05) is 6.54 Å². The maximum absolute atomic E-state index is 11.9. The molecular weight excluding hydrogens is 324 g/mol. The Balaban J connectivity index is 1.83. The van der Waals surface area contributed by atoms with Crippen LogP contribution in [-0.2, 0) is 11.3 Å². The SMILES string of the molecule is O=C(Cn1cc(Br)ccc1=O)NCC1CCCC(O)C1. The van der Waals surface area contributed by atoms with E-state index in [0.717, 1.165) is 30.2 Å². The number of aliphatic hydroxyl groups excluding tert-OH is 1. The van der Waals surface area contributed by atoms with E-state index in [4.69, 9.17) is 0 Å². The van der Waals surface area contributed by atoms with Crippen LogP contribution in [0.2, 0.25) is 0 Å². The first kappa shape index (κ1) is 15.3. The van der Waals surface area contributed by atoms with Crippen molar-refractivity contribution in [1.29, 1.82) is 0 Å². The Morgan fingerprint density at radius 3 is 3.00 bits per heavy atom. The van der Waals surface area contributed by atoms with Crippen molar-refractivity contribution < 1.29 is 9.90 Å². The van der Waals surface area contributed by atoms with E-state index >= 15 is 0 Å². The number of carbonyl (C=O) groups is 1. The molecule has 0 aliphatic heterocycles. The summed E-state index contributed by atoms with van der Waals surface area (Å²) in [5.41, 5.74) is -0.198. The van der Waals surface area contributed by atoms with Gasteiger partial charge < -0.3 is 15.0 Å². The summed E-state index contributed by atoms with van der Waals surface area (Å²) < 4.78 is 2.13. The number of hydrogen-bond donors (Lipinski definition) is 2. The zero-order valence-electron chi connectivity index (χ0n) is 11.2. The minimum Gasteiger partial charge on any atom is -0.393 e. The number of hydrogen-bond acceptors (Lipinski definition) is 3. The van der Waals surface area contributed by atoms with E-state index < -0.39 is 0 Å². The molecule has 1 aromatic heterocycles. The van der Waals surface area contributed by atoms with E-state index in [2.05, 4.69) is 21.2 Å². The Kier molecular flexibility index (Phi) is 5.37. The minimum absolute atomic E-state index is 0.0214. The Morgan fingerprint density at radius 1 is 1.45 bits per heavy atom. The molecule has 0 bridgehead atoms. The molecule has 110 valence electrons. The number of aromatic nitrogens is 1. The average molecular weight is 343 g/mol. The highest BCUT2D eigenvalue weighted by molar-refractivity contribution is 9.10. The molecule has 1 heterocycles. The maximum atomic E-state index is 11.9. The molecule has 2 unspecified atom stereocenters. The van der Waals surface area contributed by atoms with Gasteiger partial charge in [-0.05, 0) is 47.2 Å². The molecule has 0 saturated heterocycles. The number of pyridine rings is 1. The second-order valence-electron chi connectivity index (χ2n) is 5.30. The zero-order chi connectivity index (χ0) is 14.5. The van der Waals surface area contributed by atoms with Crippen LogP contribution in [0.15, 0.2) is 27.6 Å². The van der Waals surface area contributed by atoms with Gasteiger partial charge >= 0.3 is 0 Å². The average Bonchev–Trinajstić information content (AvgIpc) is 2.41. The van der Waals surface area contributed by atoms with Crippen molar-refractivity contribution in [2.24, 2.45) is 5.92 Å². The van der Waals surface area contributed by atoms with Gasteiger partial charge in [-0.3, -0.25) is 9.59 Å². The van der Waals surface area contributed by atoms with Gasteiger partial charge in [-0.25, -0.2) is 0 Å². The fourth-order valence-corrected chi connectivity index (χ4v) is 2.92. The molecule has 1 aliphatic rings. The molecule has 6 heteroatoms. The van der Waals surface area contributed by atoms with Crippen LogP contribution in [0.25, 0.3) is 0 Å². The number of nitrogens with zero attached hydrogens (tertiary/aromatic N) is 1.